The van der Waals surface area contributed by atoms with Gasteiger partial charge in [0.2, 0.25) is 0 Å². The summed E-state index contributed by atoms with van der Waals surface area (Å²) in [7, 11) is 0. The highest BCUT2D eigenvalue weighted by Crippen LogP contribution is 2.42. The van der Waals surface area contributed by atoms with Gasteiger partial charge < -0.3 is 5.32 Å². The van der Waals surface area contributed by atoms with Gasteiger partial charge in [-0.25, -0.2) is 4.39 Å². The molecule has 0 amide bonds. The van der Waals surface area contributed by atoms with E-state index in [2.05, 4.69) is 5.32 Å². The van der Waals surface area contributed by atoms with Gasteiger partial charge in [-0.15, -0.1) is 0 Å². The molecule has 1 unspecified atom stereocenters. The van der Waals surface area contributed by atoms with Crippen LogP contribution in [0.25, 0.3) is 5.83 Å². The standard InChI is InChI=1S/C24H19Cl3F7NO/c25-18-8-13(9-19(26)22(18)27)16(23(29,30)31)10-20(28)12-5-6-15(17(7-12)24(32,33)34)21(36)11-35-14-3-1-2-4-14/h5-10,14,16,35H,1-4,11H2/b20-10-. The molecule has 2 aromatic carbocycles. The fraction of sp³-hybridized carbons (Fsp3) is 0.375. The molecule has 1 fully saturated rings. The molecule has 0 spiro atoms. The summed E-state index contributed by atoms with van der Waals surface area (Å²) in [5.41, 5.74) is -3.47. The lowest BCUT2D eigenvalue weighted by Crippen LogP contribution is -2.32. The third-order valence-electron chi connectivity index (χ3n) is 5.84. The minimum Gasteiger partial charge on any atom is -0.307 e. The third-order valence-corrected chi connectivity index (χ3v) is 7.04. The first-order valence-electron chi connectivity index (χ1n) is 10.7. The second kappa shape index (κ2) is 11.3. The van der Waals surface area contributed by atoms with Gasteiger partial charge in [-0.3, -0.25) is 4.79 Å². The Morgan fingerprint density at radius 1 is 1.00 bits per heavy atom. The minimum atomic E-state index is -5.05. The van der Waals surface area contributed by atoms with Crippen molar-refractivity contribution >= 4 is 46.4 Å². The zero-order chi connectivity index (χ0) is 26.8. The summed E-state index contributed by atoms with van der Waals surface area (Å²) >= 11 is 17.3. The number of carbonyl (C=O) groups excluding carboxylic acids is 1. The van der Waals surface area contributed by atoms with Crippen LogP contribution in [-0.2, 0) is 6.18 Å². The highest BCUT2D eigenvalue weighted by atomic mass is 35.5. The number of alkyl halides is 6. The van der Waals surface area contributed by atoms with Crippen molar-refractivity contribution in [3.8, 4) is 0 Å². The first-order valence-corrected chi connectivity index (χ1v) is 11.9. The van der Waals surface area contributed by atoms with Crippen molar-refractivity contribution in [1.82, 2.24) is 5.32 Å². The van der Waals surface area contributed by atoms with Gasteiger partial charge in [0.1, 0.15) is 11.7 Å². The maximum absolute atomic E-state index is 14.9. The molecule has 1 aliphatic rings. The van der Waals surface area contributed by atoms with Gasteiger partial charge in [-0.1, -0.05) is 59.8 Å². The third kappa shape index (κ3) is 6.94. The number of rotatable bonds is 7. The highest BCUT2D eigenvalue weighted by molar-refractivity contribution is 6.48. The average molecular weight is 577 g/mol. The van der Waals surface area contributed by atoms with Crippen LogP contribution in [0, 0.1) is 0 Å². The normalized spacial score (nSPS) is 16.4. The van der Waals surface area contributed by atoms with Crippen molar-refractivity contribution in [1.29, 1.82) is 0 Å². The molecule has 0 aromatic heterocycles. The second-order valence-electron chi connectivity index (χ2n) is 8.38. The molecular weight excluding hydrogens is 558 g/mol. The van der Waals surface area contributed by atoms with Crippen molar-refractivity contribution in [2.24, 2.45) is 0 Å². The molecule has 0 bridgehead atoms. The Morgan fingerprint density at radius 3 is 2.11 bits per heavy atom. The van der Waals surface area contributed by atoms with Crippen molar-refractivity contribution in [2.45, 2.75) is 50.0 Å². The average Bonchev–Trinajstić information content (AvgIpc) is 3.31. The maximum atomic E-state index is 14.9. The molecule has 3 rings (SSSR count). The van der Waals surface area contributed by atoms with E-state index in [4.69, 9.17) is 34.8 Å². The first kappa shape index (κ1) is 28.8. The quantitative estimate of drug-likeness (QED) is 0.202. The number of halogens is 10. The van der Waals surface area contributed by atoms with Crippen molar-refractivity contribution in [2.75, 3.05) is 6.54 Å². The molecule has 0 radical (unpaired) electrons. The van der Waals surface area contributed by atoms with Crippen LogP contribution < -0.4 is 5.32 Å². The predicted molar refractivity (Wildman–Crippen MR) is 125 cm³/mol. The number of allylic oxidation sites excluding steroid dienone is 1. The monoisotopic (exact) mass is 575 g/mol. The van der Waals surface area contributed by atoms with Crippen LogP contribution in [0.2, 0.25) is 15.1 Å². The van der Waals surface area contributed by atoms with Crippen LogP contribution in [0.15, 0.2) is 36.4 Å². The van der Waals surface area contributed by atoms with E-state index in [0.29, 0.717) is 6.07 Å². The van der Waals surface area contributed by atoms with E-state index < -0.39 is 52.1 Å². The van der Waals surface area contributed by atoms with Crippen LogP contribution in [0.1, 0.15) is 58.6 Å². The molecule has 36 heavy (non-hydrogen) atoms. The van der Waals surface area contributed by atoms with E-state index >= 15 is 0 Å². The van der Waals surface area contributed by atoms with Gasteiger partial charge in [0.15, 0.2) is 5.78 Å². The molecule has 1 atom stereocenters. The lowest BCUT2D eigenvalue weighted by molar-refractivity contribution is -0.140. The number of hydrogen-bond acceptors (Lipinski definition) is 2. The van der Waals surface area contributed by atoms with Crippen molar-refractivity contribution < 1.29 is 35.5 Å². The van der Waals surface area contributed by atoms with E-state index in [9.17, 15) is 35.5 Å². The zero-order valence-corrected chi connectivity index (χ0v) is 20.6. The zero-order valence-electron chi connectivity index (χ0n) is 18.3. The molecule has 0 aliphatic heterocycles. The number of Topliss-reactive ketones (excluding diaryl/α,β-unsaturated/α-hetero) is 1. The highest BCUT2D eigenvalue weighted by Gasteiger charge is 2.41. The summed E-state index contributed by atoms with van der Waals surface area (Å²) < 4.78 is 97.2. The molecule has 2 aromatic rings. The fourth-order valence-electron chi connectivity index (χ4n) is 4.01. The SMILES string of the molecule is O=C(CNC1CCCC1)c1ccc(/C(F)=C/C(c2cc(Cl)c(Cl)c(Cl)c2)C(F)(F)F)cc1C(F)(F)F. The molecule has 1 saturated carbocycles. The Balaban J connectivity index is 1.97. The molecule has 1 aliphatic carbocycles. The molecule has 12 heteroatoms. The van der Waals surface area contributed by atoms with Crippen LogP contribution in [0.4, 0.5) is 30.7 Å². The minimum absolute atomic E-state index is 0.0251. The summed E-state index contributed by atoms with van der Waals surface area (Å²) in [6.45, 7) is -0.348. The van der Waals surface area contributed by atoms with E-state index in [0.717, 1.165) is 49.9 Å². The van der Waals surface area contributed by atoms with Gasteiger partial charge >= 0.3 is 12.4 Å². The van der Waals surface area contributed by atoms with Gasteiger partial charge in [-0.2, -0.15) is 26.3 Å². The Hall–Kier alpha value is -1.81. The lowest BCUT2D eigenvalue weighted by Gasteiger charge is -2.19. The summed E-state index contributed by atoms with van der Waals surface area (Å²) in [4.78, 5) is 12.5. The van der Waals surface area contributed by atoms with Crippen LogP contribution in [0.3, 0.4) is 0 Å². The smallest absolute Gasteiger partial charge is 0.307 e. The molecule has 0 heterocycles. The number of hydrogen-bond donors (Lipinski definition) is 1. The number of nitrogens with one attached hydrogen (secondary N) is 1. The van der Waals surface area contributed by atoms with Gasteiger partial charge in [-0.05, 0) is 42.7 Å². The Kier molecular flexibility index (Phi) is 9.02. The fourth-order valence-corrected chi connectivity index (χ4v) is 4.62. The van der Waals surface area contributed by atoms with Crippen LogP contribution in [0.5, 0.6) is 0 Å². The molecule has 0 saturated heterocycles. The number of benzene rings is 2. The van der Waals surface area contributed by atoms with Crippen molar-refractivity contribution in [3.05, 3.63) is 73.7 Å². The summed E-state index contributed by atoms with van der Waals surface area (Å²) in [6.07, 6.45) is -6.45. The Labute approximate surface area is 217 Å². The predicted octanol–water partition coefficient (Wildman–Crippen LogP) is 9.04. The molecular formula is C24H19Cl3F7NO. The molecule has 196 valence electrons. The van der Waals surface area contributed by atoms with E-state index in [1.165, 1.54) is 0 Å². The summed E-state index contributed by atoms with van der Waals surface area (Å²) in [6, 6.07) is 3.64. The first-order chi connectivity index (χ1) is 16.7. The topological polar surface area (TPSA) is 29.1 Å². The van der Waals surface area contributed by atoms with Crippen molar-refractivity contribution in [3.63, 3.8) is 0 Å². The molecule has 2 nitrogen and oxygen atoms in total. The Morgan fingerprint density at radius 2 is 1.58 bits per heavy atom. The van der Waals surface area contributed by atoms with Gasteiger partial charge in [0.05, 0.1) is 27.2 Å². The maximum Gasteiger partial charge on any atom is 0.417 e. The Bertz CT molecular complexity index is 1130. The largest absolute Gasteiger partial charge is 0.417 e. The van der Waals surface area contributed by atoms with Crippen LogP contribution in [-0.4, -0.2) is 24.5 Å². The van der Waals surface area contributed by atoms with Gasteiger partial charge in [0, 0.05) is 17.2 Å². The van der Waals surface area contributed by atoms with E-state index in [-0.39, 0.29) is 33.7 Å². The number of carbonyl (C=O) groups is 1. The summed E-state index contributed by atoms with van der Waals surface area (Å²) in [5.74, 6) is -5.02. The van der Waals surface area contributed by atoms with E-state index in [1.807, 2.05) is 0 Å². The second-order valence-corrected chi connectivity index (χ2v) is 9.57. The summed E-state index contributed by atoms with van der Waals surface area (Å²) in [5, 5.41) is 2.09. The number of ketones is 1. The lowest BCUT2D eigenvalue weighted by atomic mass is 9.95. The van der Waals surface area contributed by atoms with E-state index in [1.54, 1.807) is 0 Å². The van der Waals surface area contributed by atoms with Crippen LogP contribution >= 0.6 is 34.8 Å². The van der Waals surface area contributed by atoms with Gasteiger partial charge in [0.25, 0.3) is 0 Å². The molecule has 1 N–H and O–H groups in total.